The van der Waals surface area contributed by atoms with Gasteiger partial charge in [0.15, 0.2) is 0 Å². The predicted molar refractivity (Wildman–Crippen MR) is 109 cm³/mol. The molecule has 0 aliphatic rings. The van der Waals surface area contributed by atoms with Crippen LogP contribution in [0.1, 0.15) is 44.5 Å². The summed E-state index contributed by atoms with van der Waals surface area (Å²) in [5, 5.41) is 16.2. The summed E-state index contributed by atoms with van der Waals surface area (Å²) >= 11 is 7.22. The first kappa shape index (κ1) is 19.5. The van der Waals surface area contributed by atoms with Crippen molar-refractivity contribution in [2.24, 2.45) is 0 Å². The highest BCUT2D eigenvalue weighted by molar-refractivity contribution is 7.13. The average molecular weight is 401 g/mol. The van der Waals surface area contributed by atoms with Crippen LogP contribution in [-0.2, 0) is 13.1 Å². The number of hydrogen-bond acceptors (Lipinski definition) is 5. The van der Waals surface area contributed by atoms with Crippen LogP contribution in [0.15, 0.2) is 48.5 Å². The first-order chi connectivity index (χ1) is 13.0. The largest absolute Gasteiger partial charge is 0.346 e. The minimum absolute atomic E-state index is 0.144. The number of nitrogens with zero attached hydrogens (tertiary/aromatic N) is 2. The van der Waals surface area contributed by atoms with Gasteiger partial charge in [-0.25, -0.2) is 0 Å². The SMILES string of the molecule is Cc1ccc(CNC(=O)c2nnc(CN[C@@H](C)c3ccc(Cl)cc3)s2)cc1. The number of benzene rings is 2. The van der Waals surface area contributed by atoms with Crippen LogP contribution >= 0.6 is 22.9 Å². The quantitative estimate of drug-likeness (QED) is 0.621. The standard InChI is InChI=1S/C20H21ClN4OS/c1-13-3-5-15(6-4-13)11-23-19(26)20-25-24-18(27-20)12-22-14(2)16-7-9-17(21)10-8-16/h3-10,14,22H,11-12H2,1-2H3,(H,23,26)/t14-/m0/s1. The third-order valence-corrected chi connectivity index (χ3v) is 5.34. The van der Waals surface area contributed by atoms with Crippen LogP contribution in [0.4, 0.5) is 0 Å². The van der Waals surface area contributed by atoms with E-state index < -0.39 is 0 Å². The Bertz CT molecular complexity index is 893. The number of aromatic nitrogens is 2. The van der Waals surface area contributed by atoms with Crippen LogP contribution < -0.4 is 10.6 Å². The van der Waals surface area contributed by atoms with Crippen molar-refractivity contribution in [1.29, 1.82) is 0 Å². The molecule has 2 aromatic carbocycles. The van der Waals surface area contributed by atoms with Crippen LogP contribution in [0.25, 0.3) is 0 Å². The number of amides is 1. The lowest BCUT2D eigenvalue weighted by atomic mass is 10.1. The van der Waals surface area contributed by atoms with Gasteiger partial charge in [-0.05, 0) is 37.1 Å². The summed E-state index contributed by atoms with van der Waals surface area (Å²) < 4.78 is 0. The topological polar surface area (TPSA) is 66.9 Å². The summed E-state index contributed by atoms with van der Waals surface area (Å²) in [6, 6.07) is 15.9. The maximum Gasteiger partial charge on any atom is 0.282 e. The number of halogens is 1. The maximum absolute atomic E-state index is 12.3. The fraction of sp³-hybridized carbons (Fsp3) is 0.250. The molecule has 0 spiro atoms. The number of carbonyl (C=O) groups is 1. The Kier molecular flexibility index (Phi) is 6.55. The van der Waals surface area contributed by atoms with Gasteiger partial charge in [0.25, 0.3) is 5.91 Å². The molecule has 7 heteroatoms. The Hall–Kier alpha value is -2.28. The number of hydrogen-bond donors (Lipinski definition) is 2. The second kappa shape index (κ2) is 9.08. The van der Waals surface area contributed by atoms with E-state index >= 15 is 0 Å². The molecule has 5 nitrogen and oxygen atoms in total. The summed E-state index contributed by atoms with van der Waals surface area (Å²) in [6.07, 6.45) is 0. The summed E-state index contributed by atoms with van der Waals surface area (Å²) in [4.78, 5) is 12.3. The Morgan fingerprint density at radius 1 is 1.07 bits per heavy atom. The summed E-state index contributed by atoms with van der Waals surface area (Å²) in [7, 11) is 0. The molecule has 1 atom stereocenters. The maximum atomic E-state index is 12.3. The predicted octanol–water partition coefficient (Wildman–Crippen LogP) is 4.28. The highest BCUT2D eigenvalue weighted by Gasteiger charge is 2.13. The lowest BCUT2D eigenvalue weighted by molar-refractivity contribution is 0.0950. The molecule has 0 saturated carbocycles. The molecular formula is C20H21ClN4OS. The molecule has 0 unspecified atom stereocenters. The highest BCUT2D eigenvalue weighted by atomic mass is 35.5. The van der Waals surface area contributed by atoms with Crippen LogP contribution in [0, 0.1) is 6.92 Å². The molecule has 0 aliphatic heterocycles. The van der Waals surface area contributed by atoms with E-state index in [-0.39, 0.29) is 11.9 Å². The molecule has 0 fully saturated rings. The molecule has 1 aromatic heterocycles. The zero-order valence-electron chi connectivity index (χ0n) is 15.2. The Labute approximate surface area is 167 Å². The van der Waals surface area contributed by atoms with Gasteiger partial charge in [0.2, 0.25) is 5.01 Å². The first-order valence-electron chi connectivity index (χ1n) is 8.66. The number of aryl methyl sites for hydroxylation is 1. The molecule has 0 bridgehead atoms. The summed E-state index contributed by atoms with van der Waals surface area (Å²) in [5.41, 5.74) is 3.39. The van der Waals surface area contributed by atoms with Gasteiger partial charge in [0, 0.05) is 17.6 Å². The second-order valence-electron chi connectivity index (χ2n) is 6.32. The molecule has 0 saturated heterocycles. The van der Waals surface area contributed by atoms with E-state index in [0.29, 0.717) is 18.1 Å². The molecule has 2 N–H and O–H groups in total. The van der Waals surface area contributed by atoms with Crippen molar-refractivity contribution in [3.8, 4) is 0 Å². The first-order valence-corrected chi connectivity index (χ1v) is 9.85. The van der Waals surface area contributed by atoms with Gasteiger partial charge in [-0.3, -0.25) is 4.79 Å². The fourth-order valence-electron chi connectivity index (χ4n) is 2.49. The van der Waals surface area contributed by atoms with Crippen molar-refractivity contribution >= 4 is 28.8 Å². The number of carbonyl (C=O) groups excluding carboxylic acids is 1. The molecule has 1 amide bonds. The number of rotatable bonds is 7. The molecule has 1 heterocycles. The molecule has 27 heavy (non-hydrogen) atoms. The zero-order chi connectivity index (χ0) is 19.2. The lowest BCUT2D eigenvalue weighted by Crippen LogP contribution is -2.22. The molecule has 3 aromatic rings. The van der Waals surface area contributed by atoms with E-state index in [0.717, 1.165) is 21.2 Å². The van der Waals surface area contributed by atoms with Gasteiger partial charge in [-0.1, -0.05) is 64.9 Å². The highest BCUT2D eigenvalue weighted by Crippen LogP contribution is 2.17. The van der Waals surface area contributed by atoms with Gasteiger partial charge in [0.1, 0.15) is 5.01 Å². The monoisotopic (exact) mass is 400 g/mol. The fourth-order valence-corrected chi connectivity index (χ4v) is 3.32. The third kappa shape index (κ3) is 5.60. The molecule has 0 aliphatic carbocycles. The lowest BCUT2D eigenvalue weighted by Gasteiger charge is -2.12. The molecule has 0 radical (unpaired) electrons. The Morgan fingerprint density at radius 3 is 2.48 bits per heavy atom. The van der Waals surface area contributed by atoms with Crippen molar-refractivity contribution < 1.29 is 4.79 Å². The summed E-state index contributed by atoms with van der Waals surface area (Å²) in [6.45, 7) is 5.12. The van der Waals surface area contributed by atoms with Crippen LogP contribution in [0.5, 0.6) is 0 Å². The molecule has 140 valence electrons. The van der Waals surface area contributed by atoms with Gasteiger partial charge in [-0.2, -0.15) is 0 Å². The van der Waals surface area contributed by atoms with Crippen molar-refractivity contribution in [3.63, 3.8) is 0 Å². The Balaban J connectivity index is 1.50. The van der Waals surface area contributed by atoms with E-state index in [1.807, 2.05) is 55.5 Å². The van der Waals surface area contributed by atoms with E-state index in [4.69, 9.17) is 11.6 Å². The van der Waals surface area contributed by atoms with E-state index in [1.54, 1.807) is 0 Å². The minimum atomic E-state index is -0.204. The van der Waals surface area contributed by atoms with Crippen molar-refractivity contribution in [2.45, 2.75) is 33.0 Å². The normalized spacial score (nSPS) is 12.0. The minimum Gasteiger partial charge on any atom is -0.346 e. The molecular weight excluding hydrogens is 380 g/mol. The van der Waals surface area contributed by atoms with E-state index in [1.165, 1.54) is 16.9 Å². The van der Waals surface area contributed by atoms with E-state index in [2.05, 4.69) is 27.8 Å². The van der Waals surface area contributed by atoms with Crippen LogP contribution in [0.3, 0.4) is 0 Å². The van der Waals surface area contributed by atoms with Crippen molar-refractivity contribution in [3.05, 3.63) is 80.3 Å². The number of nitrogens with one attached hydrogen (secondary N) is 2. The second-order valence-corrected chi connectivity index (χ2v) is 7.82. The van der Waals surface area contributed by atoms with Gasteiger partial charge in [-0.15, -0.1) is 10.2 Å². The summed E-state index contributed by atoms with van der Waals surface area (Å²) in [5.74, 6) is -0.204. The third-order valence-electron chi connectivity index (χ3n) is 4.16. The van der Waals surface area contributed by atoms with Gasteiger partial charge in [0.05, 0.1) is 6.54 Å². The Morgan fingerprint density at radius 2 is 1.78 bits per heavy atom. The van der Waals surface area contributed by atoms with Gasteiger partial charge < -0.3 is 10.6 Å². The van der Waals surface area contributed by atoms with Crippen molar-refractivity contribution in [2.75, 3.05) is 0 Å². The van der Waals surface area contributed by atoms with Crippen LogP contribution in [-0.4, -0.2) is 16.1 Å². The average Bonchev–Trinajstić information content (AvgIpc) is 3.15. The zero-order valence-corrected chi connectivity index (χ0v) is 16.8. The van der Waals surface area contributed by atoms with Gasteiger partial charge >= 0.3 is 0 Å². The van der Waals surface area contributed by atoms with Crippen molar-refractivity contribution in [1.82, 2.24) is 20.8 Å². The van der Waals surface area contributed by atoms with E-state index in [9.17, 15) is 4.79 Å². The smallest absolute Gasteiger partial charge is 0.282 e. The van der Waals surface area contributed by atoms with Crippen LogP contribution in [0.2, 0.25) is 5.02 Å². The molecule has 3 rings (SSSR count).